The maximum atomic E-state index is 12.0. The molecular weight excluding hydrogens is 334 g/mol. The Morgan fingerprint density at radius 1 is 1.00 bits per heavy atom. The molecule has 0 saturated carbocycles. The van der Waals surface area contributed by atoms with Gasteiger partial charge in [0.2, 0.25) is 5.91 Å². The van der Waals surface area contributed by atoms with Gasteiger partial charge in [0, 0.05) is 5.69 Å². The van der Waals surface area contributed by atoms with Crippen LogP contribution in [0.2, 0.25) is 0 Å². The average molecular weight is 350 g/mol. The number of carbonyl (C=O) groups excluding carboxylic acids is 2. The van der Waals surface area contributed by atoms with Crippen LogP contribution < -0.4 is 15.4 Å². The molecule has 0 unspecified atom stereocenters. The van der Waals surface area contributed by atoms with Crippen LogP contribution in [0.25, 0.3) is 0 Å². The molecule has 0 fully saturated rings. The molecule has 0 aliphatic heterocycles. The van der Waals surface area contributed by atoms with Gasteiger partial charge in [-0.05, 0) is 29.8 Å². The molecule has 2 aromatic carbocycles. The van der Waals surface area contributed by atoms with Crippen molar-refractivity contribution in [3.8, 4) is 5.75 Å². The number of benzene rings is 2. The minimum absolute atomic E-state index is 0.0180. The predicted octanol–water partition coefficient (Wildman–Crippen LogP) is 3.15. The highest BCUT2D eigenvalue weighted by atomic mass is 19.3. The number of amides is 2. The molecule has 132 valence electrons. The van der Waals surface area contributed by atoms with E-state index >= 15 is 0 Å². The molecule has 0 atom stereocenters. The van der Waals surface area contributed by atoms with E-state index in [0.29, 0.717) is 5.69 Å². The van der Waals surface area contributed by atoms with Crippen molar-refractivity contribution in [3.63, 3.8) is 0 Å². The molecule has 0 aromatic heterocycles. The van der Waals surface area contributed by atoms with Gasteiger partial charge in [-0.3, -0.25) is 4.79 Å². The Morgan fingerprint density at radius 3 is 2.32 bits per heavy atom. The number of halogens is 2. The SMILES string of the molecule is O=C(CNC(=O)OCc1ccccc1)Nc1ccc(OC(F)F)cc1. The summed E-state index contributed by atoms with van der Waals surface area (Å²) in [6.45, 7) is -3.10. The number of anilines is 1. The molecule has 25 heavy (non-hydrogen) atoms. The number of ether oxygens (including phenoxy) is 2. The fourth-order valence-electron chi connectivity index (χ4n) is 1.85. The van der Waals surface area contributed by atoms with E-state index in [1.807, 2.05) is 18.2 Å². The highest BCUT2D eigenvalue weighted by Crippen LogP contribution is 2.17. The normalized spacial score (nSPS) is 10.2. The largest absolute Gasteiger partial charge is 0.445 e. The van der Waals surface area contributed by atoms with Gasteiger partial charge in [0.1, 0.15) is 18.9 Å². The van der Waals surface area contributed by atoms with Crippen LogP contribution >= 0.6 is 0 Å². The van der Waals surface area contributed by atoms with Crippen molar-refractivity contribution in [2.24, 2.45) is 0 Å². The van der Waals surface area contributed by atoms with E-state index in [-0.39, 0.29) is 18.9 Å². The van der Waals surface area contributed by atoms with E-state index in [1.165, 1.54) is 24.3 Å². The number of alkyl halides is 2. The lowest BCUT2D eigenvalue weighted by Crippen LogP contribution is -2.33. The van der Waals surface area contributed by atoms with Crippen molar-refractivity contribution in [1.29, 1.82) is 0 Å². The highest BCUT2D eigenvalue weighted by Gasteiger charge is 2.08. The molecule has 0 saturated heterocycles. The van der Waals surface area contributed by atoms with Crippen molar-refractivity contribution >= 4 is 17.7 Å². The lowest BCUT2D eigenvalue weighted by molar-refractivity contribution is -0.115. The Hall–Kier alpha value is -3.16. The van der Waals surface area contributed by atoms with Gasteiger partial charge in [0.25, 0.3) is 0 Å². The number of rotatable bonds is 7. The first-order valence-corrected chi connectivity index (χ1v) is 7.32. The van der Waals surface area contributed by atoms with Crippen LogP contribution in [0, 0.1) is 0 Å². The van der Waals surface area contributed by atoms with Crippen molar-refractivity contribution in [2.45, 2.75) is 13.2 Å². The minimum atomic E-state index is -2.91. The monoisotopic (exact) mass is 350 g/mol. The molecule has 0 bridgehead atoms. The zero-order valence-corrected chi connectivity index (χ0v) is 13.1. The number of hydrogen-bond donors (Lipinski definition) is 2. The zero-order chi connectivity index (χ0) is 18.1. The Kier molecular flexibility index (Phi) is 6.70. The van der Waals surface area contributed by atoms with Gasteiger partial charge in [-0.1, -0.05) is 30.3 Å². The van der Waals surface area contributed by atoms with Crippen LogP contribution in [0.5, 0.6) is 5.75 Å². The summed E-state index contributed by atoms with van der Waals surface area (Å²) in [5.74, 6) is -0.505. The summed E-state index contributed by atoms with van der Waals surface area (Å²) >= 11 is 0. The molecule has 2 N–H and O–H groups in total. The van der Waals surface area contributed by atoms with E-state index in [0.717, 1.165) is 5.56 Å². The van der Waals surface area contributed by atoms with Crippen molar-refractivity contribution < 1.29 is 27.8 Å². The van der Waals surface area contributed by atoms with Crippen LogP contribution in [0.3, 0.4) is 0 Å². The van der Waals surface area contributed by atoms with Gasteiger partial charge < -0.3 is 20.1 Å². The first-order chi connectivity index (χ1) is 12.0. The van der Waals surface area contributed by atoms with Gasteiger partial charge in [0.15, 0.2) is 0 Å². The maximum absolute atomic E-state index is 12.0. The predicted molar refractivity (Wildman–Crippen MR) is 86.3 cm³/mol. The Bertz CT molecular complexity index is 694. The lowest BCUT2D eigenvalue weighted by atomic mass is 10.2. The Labute approximate surface area is 142 Å². The lowest BCUT2D eigenvalue weighted by Gasteiger charge is -2.09. The van der Waals surface area contributed by atoms with E-state index < -0.39 is 18.6 Å². The summed E-state index contributed by atoms with van der Waals surface area (Å²) in [4.78, 5) is 23.2. The van der Waals surface area contributed by atoms with Crippen LogP contribution in [-0.4, -0.2) is 25.2 Å². The third-order valence-electron chi connectivity index (χ3n) is 2.97. The first kappa shape index (κ1) is 18.2. The molecule has 0 spiro atoms. The fourth-order valence-corrected chi connectivity index (χ4v) is 1.85. The number of carbonyl (C=O) groups is 2. The number of nitrogens with one attached hydrogen (secondary N) is 2. The molecule has 6 nitrogen and oxygen atoms in total. The second-order valence-electron chi connectivity index (χ2n) is 4.87. The summed E-state index contributed by atoms with van der Waals surface area (Å²) in [5.41, 5.74) is 1.21. The van der Waals surface area contributed by atoms with Gasteiger partial charge in [-0.25, -0.2) is 4.79 Å². The van der Waals surface area contributed by atoms with Crippen molar-refractivity contribution in [2.75, 3.05) is 11.9 Å². The van der Waals surface area contributed by atoms with Crippen LogP contribution in [0.1, 0.15) is 5.56 Å². The molecule has 2 rings (SSSR count). The quantitative estimate of drug-likeness (QED) is 0.804. The third-order valence-corrected chi connectivity index (χ3v) is 2.97. The third kappa shape index (κ3) is 6.86. The van der Waals surface area contributed by atoms with Crippen LogP contribution in [-0.2, 0) is 16.1 Å². The molecule has 0 heterocycles. The summed E-state index contributed by atoms with van der Waals surface area (Å²) in [5, 5.41) is 4.81. The topological polar surface area (TPSA) is 76.7 Å². The van der Waals surface area contributed by atoms with Crippen LogP contribution in [0.15, 0.2) is 54.6 Å². The van der Waals surface area contributed by atoms with E-state index in [4.69, 9.17) is 4.74 Å². The van der Waals surface area contributed by atoms with Crippen LogP contribution in [0.4, 0.5) is 19.3 Å². The second-order valence-corrected chi connectivity index (χ2v) is 4.87. The van der Waals surface area contributed by atoms with E-state index in [9.17, 15) is 18.4 Å². The second kappa shape index (κ2) is 9.21. The fraction of sp³-hybridized carbons (Fsp3) is 0.176. The number of hydrogen-bond acceptors (Lipinski definition) is 4. The summed E-state index contributed by atoms with van der Waals surface area (Å²) < 4.78 is 33.2. The van der Waals surface area contributed by atoms with E-state index in [1.54, 1.807) is 12.1 Å². The van der Waals surface area contributed by atoms with Gasteiger partial charge in [-0.2, -0.15) is 8.78 Å². The maximum Gasteiger partial charge on any atom is 0.407 e. The van der Waals surface area contributed by atoms with Crippen molar-refractivity contribution in [3.05, 3.63) is 60.2 Å². The Morgan fingerprint density at radius 2 is 1.68 bits per heavy atom. The van der Waals surface area contributed by atoms with E-state index in [2.05, 4.69) is 15.4 Å². The molecule has 0 radical (unpaired) electrons. The van der Waals surface area contributed by atoms with Gasteiger partial charge >= 0.3 is 12.7 Å². The first-order valence-electron chi connectivity index (χ1n) is 7.32. The summed E-state index contributed by atoms with van der Waals surface area (Å²) in [6, 6.07) is 14.5. The highest BCUT2D eigenvalue weighted by molar-refractivity contribution is 5.93. The minimum Gasteiger partial charge on any atom is -0.445 e. The standard InChI is InChI=1S/C17H16F2N2O4/c18-16(19)25-14-8-6-13(7-9-14)21-15(22)10-20-17(23)24-11-12-4-2-1-3-5-12/h1-9,16H,10-11H2,(H,20,23)(H,21,22). The zero-order valence-electron chi connectivity index (χ0n) is 13.1. The van der Waals surface area contributed by atoms with Gasteiger partial charge in [0.05, 0.1) is 0 Å². The Balaban J connectivity index is 1.70. The molecule has 0 aliphatic carbocycles. The molecule has 2 aromatic rings. The molecular formula is C17H16F2N2O4. The summed E-state index contributed by atoms with van der Waals surface area (Å²) in [7, 11) is 0. The number of alkyl carbamates (subject to hydrolysis) is 1. The summed E-state index contributed by atoms with van der Waals surface area (Å²) in [6.07, 6.45) is -0.723. The molecule has 8 heteroatoms. The smallest absolute Gasteiger partial charge is 0.407 e. The molecule has 0 aliphatic rings. The average Bonchev–Trinajstić information content (AvgIpc) is 2.60. The molecule has 2 amide bonds. The van der Waals surface area contributed by atoms with Crippen molar-refractivity contribution in [1.82, 2.24) is 5.32 Å². The van der Waals surface area contributed by atoms with Gasteiger partial charge in [-0.15, -0.1) is 0 Å².